The fraction of sp³-hybridized carbons (Fsp3) is 0.276. The van der Waals surface area contributed by atoms with E-state index < -0.39 is 0 Å². The van der Waals surface area contributed by atoms with Gasteiger partial charge < -0.3 is 4.74 Å². The third-order valence-corrected chi connectivity index (χ3v) is 6.38. The minimum absolute atomic E-state index is 0. The first kappa shape index (κ1) is 33.8. The van der Waals surface area contributed by atoms with E-state index in [0.717, 1.165) is 25.3 Å². The maximum absolute atomic E-state index is 5.37. The Kier molecular flexibility index (Phi) is 19.2. The molecular formula is C29H34Fe2N2OS+4. The van der Waals surface area contributed by atoms with Gasteiger partial charge in [-0.3, -0.25) is 5.01 Å². The van der Waals surface area contributed by atoms with Crippen LogP contribution in [-0.2, 0) is 38.9 Å². The number of ether oxygens (including phenoxy) is 1. The summed E-state index contributed by atoms with van der Waals surface area (Å²) in [6, 6.07) is 0.387. The molecule has 0 spiro atoms. The third kappa shape index (κ3) is 11.2. The smallest absolute Gasteiger partial charge is 0.382 e. The molecule has 0 N–H and O–H groups in total. The Morgan fingerprint density at radius 3 is 1.89 bits per heavy atom. The van der Waals surface area contributed by atoms with Crippen molar-refractivity contribution in [1.82, 2.24) is 5.01 Å². The van der Waals surface area contributed by atoms with Crippen LogP contribution in [0.3, 0.4) is 0 Å². The average Bonchev–Trinajstić information content (AvgIpc) is 3.64. The van der Waals surface area contributed by atoms with E-state index in [0.29, 0.717) is 6.04 Å². The van der Waals surface area contributed by atoms with Crippen LogP contribution in [0.1, 0.15) is 19.8 Å². The second kappa shape index (κ2) is 19.8. The van der Waals surface area contributed by atoms with Crippen molar-refractivity contribution in [1.29, 1.82) is 0 Å². The van der Waals surface area contributed by atoms with Crippen LogP contribution < -0.4 is 0 Å². The largest absolute Gasteiger partial charge is 2.00 e. The molecule has 1 atom stereocenters. The second-order valence-electron chi connectivity index (χ2n) is 7.92. The summed E-state index contributed by atoms with van der Waals surface area (Å²) in [5.74, 6) is 3.74. The number of hydrogen-bond donors (Lipinski definition) is 0. The Labute approximate surface area is 243 Å². The summed E-state index contributed by atoms with van der Waals surface area (Å²) in [5.41, 5.74) is 1.09. The fourth-order valence-corrected chi connectivity index (χ4v) is 4.49. The quantitative estimate of drug-likeness (QED) is 0.317. The molecule has 0 amide bonds. The average molecular weight is 570 g/mol. The molecule has 5 rings (SSSR count). The molecule has 35 heavy (non-hydrogen) atoms. The number of methoxy groups -OCH3 is 1. The Morgan fingerprint density at radius 1 is 0.857 bits per heavy atom. The zero-order chi connectivity index (χ0) is 23.3. The van der Waals surface area contributed by atoms with E-state index >= 15 is 0 Å². The molecule has 6 heteroatoms. The zero-order valence-electron chi connectivity index (χ0n) is 20.6. The Bertz CT molecular complexity index is 532. The number of nitrogens with zero attached hydrogens (tertiary/aromatic N) is 2. The molecule has 0 aromatic carbocycles. The van der Waals surface area contributed by atoms with Crippen molar-refractivity contribution < 1.29 is 38.9 Å². The predicted molar refractivity (Wildman–Crippen MR) is 140 cm³/mol. The van der Waals surface area contributed by atoms with Crippen LogP contribution in [0.25, 0.3) is 0 Å². The summed E-state index contributed by atoms with van der Waals surface area (Å²) in [5, 5.41) is 8.60. The molecule has 1 aliphatic heterocycles. The van der Waals surface area contributed by atoms with E-state index in [9.17, 15) is 0 Å². The predicted octanol–water partition coefficient (Wildman–Crippen LogP) is 5.38. The molecule has 4 saturated carbocycles. The summed E-state index contributed by atoms with van der Waals surface area (Å²) >= 11 is 1.78. The van der Waals surface area contributed by atoms with Gasteiger partial charge in [0.25, 0.3) is 0 Å². The Morgan fingerprint density at radius 2 is 1.40 bits per heavy atom. The van der Waals surface area contributed by atoms with Gasteiger partial charge in [-0.05, 0) is 128 Å². The van der Waals surface area contributed by atoms with E-state index in [1.165, 1.54) is 29.4 Å². The van der Waals surface area contributed by atoms with Crippen molar-refractivity contribution in [2.24, 2.45) is 5.10 Å². The van der Waals surface area contributed by atoms with Crippen LogP contribution in [0, 0.1) is 126 Å². The van der Waals surface area contributed by atoms with Gasteiger partial charge >= 0.3 is 34.1 Å². The molecule has 1 saturated heterocycles. The minimum atomic E-state index is 0. The third-order valence-electron chi connectivity index (χ3n) is 5.58. The maximum atomic E-state index is 5.37. The van der Waals surface area contributed by atoms with Crippen LogP contribution in [0.2, 0.25) is 0 Å². The molecule has 4 aliphatic carbocycles. The number of hydrazone groups is 1. The summed E-state index contributed by atoms with van der Waals surface area (Å²) in [7, 11) is 1.77. The SMILES string of the molecule is COC[C@@H]1CCCN1/N=C(\[C]1[CH][CH][CH][C]1C)[C]1[CH][CH][CH][C]1SC.[CH]1[CH][CH][CH][CH]1.[CH]1[CH][CH][CH][CH]1.[Fe+2].[Fe+2]. The van der Waals surface area contributed by atoms with Crippen LogP contribution in [0.4, 0.5) is 0 Å². The number of thioether (sulfide) groups is 1. The van der Waals surface area contributed by atoms with Gasteiger partial charge in [0, 0.05) is 30.7 Å². The van der Waals surface area contributed by atoms with Crippen molar-refractivity contribution in [2.45, 2.75) is 25.8 Å². The van der Waals surface area contributed by atoms with E-state index in [-0.39, 0.29) is 34.1 Å². The van der Waals surface area contributed by atoms with Gasteiger partial charge in [-0.1, -0.05) is 6.92 Å². The molecule has 5 fully saturated rings. The molecule has 5 aliphatic rings. The molecule has 1 heterocycles. The standard InChI is InChI=1S/C19H24N2OS.2C5H5.2Fe/c1-14-7-4-9-16(14)19(17-10-5-11-18(17)23-3)20-21-12-6-8-15(21)13-22-2;2*1-2-4-5-3-1;;/h4-5,7,9-11,15H,6,8,12-13H2,1-3H3;2*1-5H;;/q;;;2*+2/b20-19+;;;;/t15-;;;;/m0..../s1. The molecule has 0 aromatic heterocycles. The van der Waals surface area contributed by atoms with Crippen LogP contribution in [-0.4, -0.2) is 43.3 Å². The first-order valence-electron chi connectivity index (χ1n) is 11.4. The van der Waals surface area contributed by atoms with Crippen molar-refractivity contribution in [3.8, 4) is 0 Å². The fourth-order valence-electron chi connectivity index (χ4n) is 3.89. The molecule has 3 nitrogen and oxygen atoms in total. The van der Waals surface area contributed by atoms with Crippen molar-refractivity contribution in [3.05, 3.63) is 126 Å². The van der Waals surface area contributed by atoms with Gasteiger partial charge in [0.05, 0.1) is 18.4 Å². The maximum Gasteiger partial charge on any atom is 2.00 e. The van der Waals surface area contributed by atoms with Crippen LogP contribution in [0.5, 0.6) is 0 Å². The molecule has 20 radical (unpaired) electrons. The first-order chi connectivity index (χ1) is 16.2. The van der Waals surface area contributed by atoms with Gasteiger partial charge in [0.1, 0.15) is 0 Å². The molecular weight excluding hydrogens is 536 g/mol. The Balaban J connectivity index is 0.000000423. The topological polar surface area (TPSA) is 24.8 Å². The van der Waals surface area contributed by atoms with Gasteiger partial charge in [0.2, 0.25) is 0 Å². The van der Waals surface area contributed by atoms with E-state index in [2.05, 4.69) is 56.7 Å². The number of rotatable bonds is 6. The first-order valence-corrected chi connectivity index (χ1v) is 12.7. The van der Waals surface area contributed by atoms with Gasteiger partial charge in [0.15, 0.2) is 0 Å². The summed E-state index contributed by atoms with van der Waals surface area (Å²) in [6.45, 7) is 3.91. The van der Waals surface area contributed by atoms with E-state index in [1.807, 2.05) is 64.2 Å². The second-order valence-corrected chi connectivity index (χ2v) is 8.77. The van der Waals surface area contributed by atoms with Crippen molar-refractivity contribution in [3.63, 3.8) is 0 Å². The monoisotopic (exact) mass is 570 g/mol. The Hall–Kier alpha value is 0.819. The van der Waals surface area contributed by atoms with Crippen molar-refractivity contribution >= 4 is 17.5 Å². The van der Waals surface area contributed by atoms with E-state index in [1.54, 1.807) is 18.9 Å². The molecule has 0 unspecified atom stereocenters. The number of hydrogen-bond acceptors (Lipinski definition) is 4. The molecule has 0 bridgehead atoms. The van der Waals surface area contributed by atoms with Crippen LogP contribution in [0.15, 0.2) is 5.10 Å². The van der Waals surface area contributed by atoms with Crippen molar-refractivity contribution in [2.75, 3.05) is 26.5 Å². The zero-order valence-corrected chi connectivity index (χ0v) is 23.6. The summed E-state index contributed by atoms with van der Waals surface area (Å²) < 4.78 is 5.37. The normalized spacial score (nSPS) is 26.1. The van der Waals surface area contributed by atoms with Gasteiger partial charge in [-0.2, -0.15) is 16.9 Å². The summed E-state index contributed by atoms with van der Waals surface area (Å²) in [4.78, 5) is 0. The van der Waals surface area contributed by atoms with E-state index in [4.69, 9.17) is 9.84 Å². The van der Waals surface area contributed by atoms with Crippen LogP contribution >= 0.6 is 11.8 Å². The summed E-state index contributed by atoms with van der Waals surface area (Å²) in [6.07, 6.45) is 37.4. The van der Waals surface area contributed by atoms with Gasteiger partial charge in [-0.25, -0.2) is 0 Å². The molecule has 0 aromatic rings. The molecule has 184 valence electrons. The van der Waals surface area contributed by atoms with Gasteiger partial charge in [-0.15, -0.1) is 0 Å². The minimum Gasteiger partial charge on any atom is -0.382 e.